The van der Waals surface area contributed by atoms with E-state index in [1.165, 1.54) is 0 Å². The molecule has 1 aliphatic heterocycles. The lowest BCUT2D eigenvalue weighted by Gasteiger charge is -2.35. The van der Waals surface area contributed by atoms with E-state index in [0.29, 0.717) is 12.6 Å². The molecule has 2 heterocycles. The molecule has 0 bridgehead atoms. The van der Waals surface area contributed by atoms with E-state index in [4.69, 9.17) is 15.2 Å². The van der Waals surface area contributed by atoms with Crippen LogP contribution in [0.3, 0.4) is 0 Å². The molecule has 0 spiro atoms. The molecule has 0 amide bonds. The van der Waals surface area contributed by atoms with Crippen molar-refractivity contribution in [3.05, 3.63) is 41.7 Å². The molecule has 26 heavy (non-hydrogen) atoms. The number of anilines is 1. The molecule has 3 rings (SSSR count). The summed E-state index contributed by atoms with van der Waals surface area (Å²) in [5.41, 5.74) is 7.56. The second-order valence-electron chi connectivity index (χ2n) is 6.73. The van der Waals surface area contributed by atoms with Crippen molar-refractivity contribution in [1.82, 2.24) is 14.6 Å². The Morgan fingerprint density at radius 1 is 1.31 bits per heavy atom. The zero-order valence-corrected chi connectivity index (χ0v) is 15.6. The molecule has 1 fully saturated rings. The van der Waals surface area contributed by atoms with Crippen molar-refractivity contribution < 1.29 is 9.47 Å². The predicted octanol–water partition coefficient (Wildman–Crippen LogP) is 2.14. The van der Waals surface area contributed by atoms with Gasteiger partial charge >= 0.3 is 0 Å². The molecule has 2 atom stereocenters. The minimum atomic E-state index is 0.266. The van der Waals surface area contributed by atoms with E-state index in [1.807, 2.05) is 31.2 Å². The SMILES string of the molecule is Cc1cn(N=Cc2ccccc2OCCN2CC(C)OC(C)C2)c(N)n1. The average Bonchev–Trinajstić information content (AvgIpc) is 2.90. The quantitative estimate of drug-likeness (QED) is 0.802. The third kappa shape index (κ3) is 4.83. The number of nitrogens with zero attached hydrogens (tertiary/aromatic N) is 4. The normalized spacial score (nSPS) is 21.3. The number of rotatable bonds is 6. The van der Waals surface area contributed by atoms with Gasteiger partial charge in [0.25, 0.3) is 0 Å². The summed E-state index contributed by atoms with van der Waals surface area (Å²) < 4.78 is 13.3. The number of imidazole rings is 1. The summed E-state index contributed by atoms with van der Waals surface area (Å²) in [5, 5.41) is 4.37. The van der Waals surface area contributed by atoms with E-state index in [1.54, 1.807) is 17.1 Å². The fraction of sp³-hybridized carbons (Fsp3) is 0.474. The van der Waals surface area contributed by atoms with Crippen molar-refractivity contribution in [2.75, 3.05) is 32.0 Å². The number of ether oxygens (including phenoxy) is 2. The van der Waals surface area contributed by atoms with Crippen molar-refractivity contribution in [3.8, 4) is 5.75 Å². The van der Waals surface area contributed by atoms with Gasteiger partial charge < -0.3 is 15.2 Å². The molecule has 2 aromatic rings. The highest BCUT2D eigenvalue weighted by molar-refractivity contribution is 5.83. The fourth-order valence-corrected chi connectivity index (χ4v) is 3.19. The van der Waals surface area contributed by atoms with Crippen molar-refractivity contribution in [1.29, 1.82) is 0 Å². The van der Waals surface area contributed by atoms with Gasteiger partial charge in [-0.1, -0.05) is 12.1 Å². The van der Waals surface area contributed by atoms with E-state index >= 15 is 0 Å². The van der Waals surface area contributed by atoms with Crippen molar-refractivity contribution in [2.24, 2.45) is 5.10 Å². The lowest BCUT2D eigenvalue weighted by atomic mass is 10.2. The first-order valence-electron chi connectivity index (χ1n) is 8.96. The summed E-state index contributed by atoms with van der Waals surface area (Å²) in [7, 11) is 0. The summed E-state index contributed by atoms with van der Waals surface area (Å²) >= 11 is 0. The first-order valence-corrected chi connectivity index (χ1v) is 8.96. The second kappa shape index (κ2) is 8.33. The number of nitrogen functional groups attached to an aromatic ring is 1. The molecular weight excluding hydrogens is 330 g/mol. The topological polar surface area (TPSA) is 77.9 Å². The van der Waals surface area contributed by atoms with Crippen LogP contribution in [0.15, 0.2) is 35.6 Å². The highest BCUT2D eigenvalue weighted by Crippen LogP contribution is 2.17. The van der Waals surface area contributed by atoms with Crippen LogP contribution in [-0.2, 0) is 4.74 Å². The largest absolute Gasteiger partial charge is 0.492 e. The van der Waals surface area contributed by atoms with Gasteiger partial charge in [-0.05, 0) is 32.9 Å². The van der Waals surface area contributed by atoms with Crippen LogP contribution in [0.2, 0.25) is 0 Å². The number of hydrogen-bond donors (Lipinski definition) is 1. The number of benzene rings is 1. The highest BCUT2D eigenvalue weighted by atomic mass is 16.5. The Kier molecular flexibility index (Phi) is 5.90. The van der Waals surface area contributed by atoms with Crippen LogP contribution in [-0.4, -0.2) is 59.2 Å². The van der Waals surface area contributed by atoms with Crippen molar-refractivity contribution in [3.63, 3.8) is 0 Å². The summed E-state index contributed by atoms with van der Waals surface area (Å²) in [5.74, 6) is 1.17. The number of para-hydroxylation sites is 1. The van der Waals surface area contributed by atoms with Gasteiger partial charge in [0.05, 0.1) is 30.3 Å². The van der Waals surface area contributed by atoms with Crippen LogP contribution in [0.4, 0.5) is 5.95 Å². The minimum Gasteiger partial charge on any atom is -0.492 e. The Bertz CT molecular complexity index is 748. The molecule has 0 aliphatic carbocycles. The molecule has 0 saturated carbocycles. The lowest BCUT2D eigenvalue weighted by molar-refractivity contribution is -0.0699. The van der Waals surface area contributed by atoms with Gasteiger partial charge in [0.15, 0.2) is 0 Å². The summed E-state index contributed by atoms with van der Waals surface area (Å²) in [6, 6.07) is 7.84. The molecular formula is C19H27N5O2. The molecule has 140 valence electrons. The van der Waals surface area contributed by atoms with Gasteiger partial charge in [0.1, 0.15) is 12.4 Å². The lowest BCUT2D eigenvalue weighted by Crippen LogP contribution is -2.46. The zero-order chi connectivity index (χ0) is 18.5. The Labute approximate surface area is 154 Å². The number of nitrogens with two attached hydrogens (primary N) is 1. The van der Waals surface area contributed by atoms with E-state index in [0.717, 1.165) is 36.6 Å². The fourth-order valence-electron chi connectivity index (χ4n) is 3.19. The van der Waals surface area contributed by atoms with Crippen LogP contribution in [0.25, 0.3) is 0 Å². The Balaban J connectivity index is 1.59. The number of hydrogen-bond acceptors (Lipinski definition) is 6. The molecule has 2 unspecified atom stereocenters. The molecule has 1 saturated heterocycles. The van der Waals surface area contributed by atoms with Crippen molar-refractivity contribution in [2.45, 2.75) is 33.0 Å². The monoisotopic (exact) mass is 357 g/mol. The Morgan fingerprint density at radius 3 is 2.73 bits per heavy atom. The van der Waals surface area contributed by atoms with Crippen LogP contribution in [0.5, 0.6) is 5.75 Å². The third-order valence-electron chi connectivity index (χ3n) is 4.24. The third-order valence-corrected chi connectivity index (χ3v) is 4.24. The van der Waals surface area contributed by atoms with E-state index < -0.39 is 0 Å². The van der Waals surface area contributed by atoms with Gasteiger partial charge in [0.2, 0.25) is 5.95 Å². The number of morpholine rings is 1. The van der Waals surface area contributed by atoms with E-state index in [2.05, 4.69) is 28.8 Å². The van der Waals surface area contributed by atoms with Crippen LogP contribution >= 0.6 is 0 Å². The van der Waals surface area contributed by atoms with Crippen LogP contribution in [0.1, 0.15) is 25.1 Å². The van der Waals surface area contributed by atoms with Crippen molar-refractivity contribution >= 4 is 12.2 Å². The van der Waals surface area contributed by atoms with Gasteiger partial charge in [-0.2, -0.15) is 5.10 Å². The number of aromatic nitrogens is 2. The maximum Gasteiger partial charge on any atom is 0.221 e. The first-order chi connectivity index (χ1) is 12.5. The molecule has 1 aromatic carbocycles. The summed E-state index contributed by atoms with van der Waals surface area (Å²) in [6.07, 6.45) is 4.06. The Morgan fingerprint density at radius 2 is 2.04 bits per heavy atom. The predicted molar refractivity (Wildman–Crippen MR) is 103 cm³/mol. The maximum atomic E-state index is 6.00. The summed E-state index contributed by atoms with van der Waals surface area (Å²) in [6.45, 7) is 9.48. The average molecular weight is 357 g/mol. The first kappa shape index (κ1) is 18.4. The van der Waals surface area contributed by atoms with Gasteiger partial charge in [-0.3, -0.25) is 4.90 Å². The molecule has 1 aliphatic rings. The maximum absolute atomic E-state index is 6.00. The zero-order valence-electron chi connectivity index (χ0n) is 15.6. The van der Waals surface area contributed by atoms with Crippen LogP contribution < -0.4 is 10.5 Å². The van der Waals surface area contributed by atoms with E-state index in [-0.39, 0.29) is 12.2 Å². The van der Waals surface area contributed by atoms with Gasteiger partial charge in [0, 0.05) is 25.2 Å². The summed E-state index contributed by atoms with van der Waals surface area (Å²) in [4.78, 5) is 6.52. The molecule has 1 aromatic heterocycles. The minimum absolute atomic E-state index is 0.266. The smallest absolute Gasteiger partial charge is 0.221 e. The molecule has 0 radical (unpaired) electrons. The molecule has 7 heteroatoms. The molecule has 7 nitrogen and oxygen atoms in total. The van der Waals surface area contributed by atoms with Gasteiger partial charge in [-0.15, -0.1) is 0 Å². The Hall–Kier alpha value is -2.38. The molecule has 2 N–H and O–H groups in total. The van der Waals surface area contributed by atoms with Gasteiger partial charge in [-0.25, -0.2) is 9.66 Å². The van der Waals surface area contributed by atoms with E-state index in [9.17, 15) is 0 Å². The van der Waals surface area contributed by atoms with Crippen LogP contribution in [0, 0.1) is 6.92 Å². The second-order valence-corrected chi connectivity index (χ2v) is 6.73. The standard InChI is InChI=1S/C19H27N5O2/c1-14-11-24(19(20)22-14)21-10-17-6-4-5-7-18(17)25-9-8-23-12-15(2)26-16(3)13-23/h4-7,10-11,15-16H,8-9,12-13H2,1-3H3,(H2,20,22). The number of aryl methyl sites for hydroxylation is 1. The highest BCUT2D eigenvalue weighted by Gasteiger charge is 2.21.